The molecule has 0 aromatic heterocycles. The van der Waals surface area contributed by atoms with Crippen molar-refractivity contribution in [2.24, 2.45) is 0 Å². The highest BCUT2D eigenvalue weighted by Gasteiger charge is 2.32. The molecule has 3 aromatic carbocycles. The van der Waals surface area contributed by atoms with E-state index >= 15 is 0 Å². The highest BCUT2D eigenvalue weighted by Crippen LogP contribution is 2.33. The number of carbonyl (C=O) groups is 1. The highest BCUT2D eigenvalue weighted by molar-refractivity contribution is 5.97. The maximum atomic E-state index is 13.2. The second kappa shape index (κ2) is 10.3. The Morgan fingerprint density at radius 1 is 1.00 bits per heavy atom. The molecule has 34 heavy (non-hydrogen) atoms. The van der Waals surface area contributed by atoms with E-state index in [4.69, 9.17) is 0 Å². The molecule has 1 atom stereocenters. The summed E-state index contributed by atoms with van der Waals surface area (Å²) in [6.07, 6.45) is 2.86. The van der Waals surface area contributed by atoms with Gasteiger partial charge in [-0.3, -0.25) is 4.79 Å². The predicted molar refractivity (Wildman–Crippen MR) is 135 cm³/mol. The Hall–Kier alpha value is -4.04. The molecule has 3 aromatic rings. The zero-order valence-electron chi connectivity index (χ0n) is 19.6. The summed E-state index contributed by atoms with van der Waals surface area (Å²) in [6, 6.07) is 25.1. The van der Waals surface area contributed by atoms with Crippen molar-refractivity contribution in [3.63, 3.8) is 0 Å². The van der Waals surface area contributed by atoms with Crippen LogP contribution in [0.25, 0.3) is 11.1 Å². The fourth-order valence-electron chi connectivity index (χ4n) is 4.53. The van der Waals surface area contributed by atoms with Crippen molar-refractivity contribution >= 4 is 11.6 Å². The average molecular weight is 452 g/mol. The highest BCUT2D eigenvalue weighted by atomic mass is 16.3. The molecule has 0 aliphatic carbocycles. The third kappa shape index (κ3) is 4.67. The summed E-state index contributed by atoms with van der Waals surface area (Å²) in [4.78, 5) is 15.4. The summed E-state index contributed by atoms with van der Waals surface area (Å²) < 4.78 is 0. The number of amides is 1. The number of rotatable bonds is 7. The minimum absolute atomic E-state index is 0.0239. The van der Waals surface area contributed by atoms with Gasteiger partial charge in [0.05, 0.1) is 11.6 Å². The van der Waals surface area contributed by atoms with Crippen LogP contribution in [-0.4, -0.2) is 17.2 Å². The molecule has 1 unspecified atom stereocenters. The topological polar surface area (TPSA) is 76.4 Å². The van der Waals surface area contributed by atoms with E-state index in [1.807, 2.05) is 60.7 Å². The van der Waals surface area contributed by atoms with Gasteiger partial charge in [-0.1, -0.05) is 62.7 Å². The van der Waals surface area contributed by atoms with Crippen LogP contribution in [0.5, 0.6) is 5.75 Å². The molecule has 0 saturated carbocycles. The lowest BCUT2D eigenvalue weighted by molar-refractivity contribution is -0.118. The molecule has 0 bridgehead atoms. The Kier molecular flexibility index (Phi) is 6.98. The van der Waals surface area contributed by atoms with Crippen molar-refractivity contribution < 1.29 is 9.90 Å². The number of hydrogen-bond donors (Lipinski definition) is 2. The molecule has 5 nitrogen and oxygen atoms in total. The molecular weight excluding hydrogens is 422 g/mol. The van der Waals surface area contributed by atoms with Crippen LogP contribution >= 0.6 is 0 Å². The number of anilines is 1. The van der Waals surface area contributed by atoms with E-state index in [0.29, 0.717) is 12.0 Å². The number of aromatic hydroxyl groups is 1. The Morgan fingerprint density at radius 3 is 2.35 bits per heavy atom. The second-order valence-corrected chi connectivity index (χ2v) is 8.49. The first-order valence-electron chi connectivity index (χ1n) is 11.7. The Morgan fingerprint density at radius 2 is 1.71 bits per heavy atom. The maximum absolute atomic E-state index is 13.2. The van der Waals surface area contributed by atoms with Gasteiger partial charge in [0.1, 0.15) is 11.9 Å². The van der Waals surface area contributed by atoms with Crippen LogP contribution in [0.15, 0.2) is 84.1 Å². The number of nitrogens with zero attached hydrogens (tertiary/aromatic N) is 2. The quantitative estimate of drug-likeness (QED) is 0.469. The van der Waals surface area contributed by atoms with Gasteiger partial charge in [-0.05, 0) is 59.9 Å². The molecule has 0 saturated heterocycles. The van der Waals surface area contributed by atoms with E-state index in [2.05, 4.69) is 30.1 Å². The van der Waals surface area contributed by atoms with Crippen molar-refractivity contribution in [3.05, 3.63) is 95.2 Å². The van der Waals surface area contributed by atoms with E-state index < -0.39 is 0 Å². The summed E-state index contributed by atoms with van der Waals surface area (Å²) in [7, 11) is 0. The van der Waals surface area contributed by atoms with Gasteiger partial charge in [-0.2, -0.15) is 5.26 Å². The third-order valence-electron chi connectivity index (χ3n) is 6.22. The van der Waals surface area contributed by atoms with Crippen LogP contribution in [0, 0.1) is 11.3 Å². The number of phenolic OH excluding ortho intramolecular Hbond substituents is 1. The molecule has 1 heterocycles. The van der Waals surface area contributed by atoms with Gasteiger partial charge in [0.15, 0.2) is 0 Å². The fraction of sp³-hybridized carbons (Fsp3) is 0.241. The van der Waals surface area contributed by atoms with Crippen LogP contribution < -0.4 is 10.2 Å². The number of nitriles is 1. The van der Waals surface area contributed by atoms with Crippen LogP contribution in [0.1, 0.15) is 44.2 Å². The van der Waals surface area contributed by atoms with E-state index in [0.717, 1.165) is 52.9 Å². The molecule has 2 N–H and O–H groups in total. The summed E-state index contributed by atoms with van der Waals surface area (Å²) in [5.74, 6) is 0.196. The van der Waals surface area contributed by atoms with Crippen molar-refractivity contribution in [2.75, 3.05) is 4.90 Å². The van der Waals surface area contributed by atoms with Gasteiger partial charge in [0.25, 0.3) is 5.91 Å². The summed E-state index contributed by atoms with van der Waals surface area (Å²) in [6.45, 7) is 4.18. The SMILES string of the molecule is CCCC1=C(Cc2ccc(-c3ccccc3C#N)cc2)C(=O)NC(CC)N1c1ccc(O)cc1. The van der Waals surface area contributed by atoms with Crippen molar-refractivity contribution in [1.29, 1.82) is 5.26 Å². The minimum atomic E-state index is -0.132. The van der Waals surface area contributed by atoms with Crippen molar-refractivity contribution in [3.8, 4) is 22.9 Å². The van der Waals surface area contributed by atoms with Gasteiger partial charge >= 0.3 is 0 Å². The number of benzene rings is 3. The summed E-state index contributed by atoms with van der Waals surface area (Å²) in [5, 5.41) is 22.3. The van der Waals surface area contributed by atoms with Crippen LogP contribution in [0.4, 0.5) is 5.69 Å². The first-order valence-corrected chi connectivity index (χ1v) is 11.7. The van der Waals surface area contributed by atoms with Gasteiger partial charge in [0, 0.05) is 23.4 Å². The molecule has 4 rings (SSSR count). The third-order valence-corrected chi connectivity index (χ3v) is 6.22. The molecule has 0 spiro atoms. The molecular formula is C29H29N3O2. The number of nitrogens with one attached hydrogen (secondary N) is 1. The summed E-state index contributed by atoms with van der Waals surface area (Å²) >= 11 is 0. The van der Waals surface area contributed by atoms with Crippen LogP contribution in [0.2, 0.25) is 0 Å². The van der Waals surface area contributed by atoms with Crippen molar-refractivity contribution in [1.82, 2.24) is 5.32 Å². The van der Waals surface area contributed by atoms with E-state index in [9.17, 15) is 15.2 Å². The van der Waals surface area contributed by atoms with Crippen LogP contribution in [-0.2, 0) is 11.2 Å². The van der Waals surface area contributed by atoms with Gasteiger partial charge < -0.3 is 15.3 Å². The zero-order valence-corrected chi connectivity index (χ0v) is 19.6. The number of carbonyl (C=O) groups excluding carboxylic acids is 1. The molecule has 1 aliphatic heterocycles. The first kappa shape index (κ1) is 23.1. The molecule has 0 fully saturated rings. The smallest absolute Gasteiger partial charge is 0.250 e. The van der Waals surface area contributed by atoms with Gasteiger partial charge in [-0.25, -0.2) is 0 Å². The average Bonchev–Trinajstić information content (AvgIpc) is 2.87. The molecule has 172 valence electrons. The first-order chi connectivity index (χ1) is 16.5. The normalized spacial score (nSPS) is 15.7. The lowest BCUT2D eigenvalue weighted by atomic mass is 9.94. The Labute approximate surface area is 201 Å². The van der Waals surface area contributed by atoms with E-state index in [1.54, 1.807) is 12.1 Å². The Balaban J connectivity index is 1.70. The van der Waals surface area contributed by atoms with Crippen LogP contribution in [0.3, 0.4) is 0 Å². The largest absolute Gasteiger partial charge is 0.508 e. The molecule has 1 amide bonds. The van der Waals surface area contributed by atoms with Gasteiger partial charge in [0.2, 0.25) is 0 Å². The number of allylic oxidation sites excluding steroid dienone is 1. The summed E-state index contributed by atoms with van der Waals surface area (Å²) in [5.41, 5.74) is 6.32. The standard InChI is InChI=1S/C29H29N3O2/c1-3-7-27-26(29(34)31-28(4-2)32(27)23-14-16-24(33)17-15-23)18-20-10-12-21(13-11-20)25-9-6-5-8-22(25)19-30/h5-6,8-17,28,33H,3-4,7,18H2,1-2H3,(H,31,34). The Bertz CT molecular complexity index is 1240. The molecule has 0 radical (unpaired) electrons. The van der Waals surface area contributed by atoms with Crippen molar-refractivity contribution in [2.45, 2.75) is 45.7 Å². The fourth-order valence-corrected chi connectivity index (χ4v) is 4.53. The predicted octanol–water partition coefficient (Wildman–Crippen LogP) is 5.90. The van der Waals surface area contributed by atoms with Gasteiger partial charge in [-0.15, -0.1) is 0 Å². The lowest BCUT2D eigenvalue weighted by Crippen LogP contribution is -2.53. The second-order valence-electron chi connectivity index (χ2n) is 8.49. The monoisotopic (exact) mass is 451 g/mol. The zero-order chi connectivity index (χ0) is 24.1. The minimum Gasteiger partial charge on any atom is -0.508 e. The number of phenols is 1. The van der Waals surface area contributed by atoms with E-state index in [1.165, 1.54) is 0 Å². The number of hydrogen-bond acceptors (Lipinski definition) is 4. The van der Waals surface area contributed by atoms with E-state index in [-0.39, 0.29) is 17.8 Å². The lowest BCUT2D eigenvalue weighted by Gasteiger charge is -2.40. The molecule has 5 heteroatoms. The maximum Gasteiger partial charge on any atom is 0.250 e. The molecule has 1 aliphatic rings.